The van der Waals surface area contributed by atoms with Crippen molar-refractivity contribution >= 4 is 11.9 Å². The Labute approximate surface area is 54.9 Å². The third kappa shape index (κ3) is 4.43. The van der Waals surface area contributed by atoms with Crippen LogP contribution in [0.1, 0.15) is 13.3 Å². The Morgan fingerprint density at radius 3 is 2.75 bits per heavy atom. The summed E-state index contributed by atoms with van der Waals surface area (Å²) in [6.45, 7) is 2.90. The number of hydrogen-bond acceptors (Lipinski definition) is 3. The van der Waals surface area contributed by atoms with Crippen LogP contribution in [-0.2, 0) is 4.74 Å². The average molecular weight is 135 g/mol. The van der Waals surface area contributed by atoms with Crippen LogP contribution in [0.15, 0.2) is 0 Å². The molecule has 0 radical (unpaired) electrons. The van der Waals surface area contributed by atoms with Gasteiger partial charge < -0.3 is 4.74 Å². The Bertz CT molecular complexity index is 51.7. The topological polar surface area (TPSA) is 35.2 Å². The molecule has 0 fully saturated rings. The predicted molar refractivity (Wildman–Crippen MR) is 37.7 cm³/mol. The maximum atomic E-state index is 5.27. The fourth-order valence-corrected chi connectivity index (χ4v) is 0.584. The maximum Gasteiger partial charge on any atom is 0.0473 e. The molecule has 0 aliphatic carbocycles. The lowest BCUT2D eigenvalue weighted by Gasteiger charge is -2.04. The van der Waals surface area contributed by atoms with Gasteiger partial charge in [0.1, 0.15) is 0 Å². The Hall–Kier alpha value is 0.270. The lowest BCUT2D eigenvalue weighted by molar-refractivity contribution is 0.195. The average Bonchev–Trinajstić information content (AvgIpc) is 1.83. The molecule has 0 aromatic rings. The molecule has 0 aliphatic heterocycles. The van der Waals surface area contributed by atoms with E-state index in [9.17, 15) is 0 Å². The van der Waals surface area contributed by atoms with E-state index in [1.807, 2.05) is 0 Å². The molecule has 3 heteroatoms. The fourth-order valence-electron chi connectivity index (χ4n) is 0.352. The third-order valence-electron chi connectivity index (χ3n) is 0.961. The fraction of sp³-hybridized carbons (Fsp3) is 1.00. The van der Waals surface area contributed by atoms with Gasteiger partial charge in [0.25, 0.3) is 0 Å². The molecule has 0 saturated heterocycles. The number of nitrogens with two attached hydrogens (primary N) is 1. The summed E-state index contributed by atoms with van der Waals surface area (Å²) in [6, 6.07) is 0. The van der Waals surface area contributed by atoms with Crippen molar-refractivity contribution in [2.75, 3.05) is 13.7 Å². The van der Waals surface area contributed by atoms with Crippen LogP contribution in [0, 0.1) is 0 Å². The first-order chi connectivity index (χ1) is 3.81. The van der Waals surface area contributed by atoms with Gasteiger partial charge in [-0.05, 0) is 6.42 Å². The molecule has 1 atom stereocenters. The maximum absolute atomic E-state index is 5.27. The molecule has 2 nitrogen and oxygen atoms in total. The van der Waals surface area contributed by atoms with Crippen molar-refractivity contribution in [1.82, 2.24) is 0 Å². The molecule has 2 N–H and O–H groups in total. The molecule has 0 rings (SSSR count). The number of ether oxygens (including phenoxy) is 1. The number of rotatable bonds is 4. The van der Waals surface area contributed by atoms with Crippen molar-refractivity contribution in [1.29, 1.82) is 0 Å². The molecule has 0 aliphatic rings. The van der Waals surface area contributed by atoms with E-state index >= 15 is 0 Å². The molecule has 0 bridgehead atoms. The zero-order valence-electron chi connectivity index (χ0n) is 5.39. The van der Waals surface area contributed by atoms with Crippen molar-refractivity contribution in [2.24, 2.45) is 5.14 Å². The standard InChI is InChI=1S/C5H13NOS/c1-5(8-6)3-4-7-2/h5H,3-4,6H2,1-2H3. The van der Waals surface area contributed by atoms with Gasteiger partial charge in [0.2, 0.25) is 0 Å². The summed E-state index contributed by atoms with van der Waals surface area (Å²) in [5.41, 5.74) is 0. The van der Waals surface area contributed by atoms with Crippen LogP contribution in [0.4, 0.5) is 0 Å². The SMILES string of the molecule is COCCC(C)SN. The molecular formula is C5H13NOS. The first-order valence-corrected chi connectivity index (χ1v) is 3.60. The number of hydrogen-bond donors (Lipinski definition) is 1. The second-order valence-electron chi connectivity index (χ2n) is 1.73. The Morgan fingerprint density at radius 1 is 1.75 bits per heavy atom. The molecule has 0 heterocycles. The zero-order valence-corrected chi connectivity index (χ0v) is 6.20. The van der Waals surface area contributed by atoms with Gasteiger partial charge in [0.05, 0.1) is 0 Å². The Morgan fingerprint density at radius 2 is 2.38 bits per heavy atom. The van der Waals surface area contributed by atoms with Crippen LogP contribution in [-0.4, -0.2) is 19.0 Å². The van der Waals surface area contributed by atoms with Crippen molar-refractivity contribution in [3.63, 3.8) is 0 Å². The molecule has 0 aromatic carbocycles. The van der Waals surface area contributed by atoms with Crippen molar-refractivity contribution in [3.8, 4) is 0 Å². The summed E-state index contributed by atoms with van der Waals surface area (Å²) >= 11 is 1.38. The quantitative estimate of drug-likeness (QED) is 0.584. The summed E-state index contributed by atoms with van der Waals surface area (Å²) in [7, 11) is 1.70. The van der Waals surface area contributed by atoms with Gasteiger partial charge in [-0.1, -0.05) is 18.9 Å². The van der Waals surface area contributed by atoms with E-state index in [-0.39, 0.29) is 0 Å². The molecule has 0 saturated carbocycles. The summed E-state index contributed by atoms with van der Waals surface area (Å²) < 4.78 is 4.85. The first-order valence-electron chi connectivity index (χ1n) is 2.65. The molecule has 0 aromatic heterocycles. The van der Waals surface area contributed by atoms with Crippen LogP contribution in [0.5, 0.6) is 0 Å². The lowest BCUT2D eigenvalue weighted by atomic mass is 10.3. The van der Waals surface area contributed by atoms with Crippen molar-refractivity contribution in [3.05, 3.63) is 0 Å². The van der Waals surface area contributed by atoms with E-state index in [0.717, 1.165) is 13.0 Å². The lowest BCUT2D eigenvalue weighted by Crippen LogP contribution is -2.03. The van der Waals surface area contributed by atoms with E-state index in [0.29, 0.717) is 5.25 Å². The van der Waals surface area contributed by atoms with E-state index in [1.54, 1.807) is 7.11 Å². The highest BCUT2D eigenvalue weighted by Gasteiger charge is 1.96. The molecule has 0 amide bonds. The monoisotopic (exact) mass is 135 g/mol. The number of methoxy groups -OCH3 is 1. The second-order valence-corrected chi connectivity index (χ2v) is 2.81. The first kappa shape index (κ1) is 8.27. The van der Waals surface area contributed by atoms with Crippen LogP contribution < -0.4 is 5.14 Å². The van der Waals surface area contributed by atoms with E-state index in [1.165, 1.54) is 11.9 Å². The predicted octanol–water partition coefficient (Wildman–Crippen LogP) is 1.02. The molecular weight excluding hydrogens is 122 g/mol. The second kappa shape index (κ2) is 5.41. The van der Waals surface area contributed by atoms with Crippen LogP contribution in [0.3, 0.4) is 0 Å². The minimum Gasteiger partial charge on any atom is -0.385 e. The summed E-state index contributed by atoms with van der Waals surface area (Å²) in [5.74, 6) is 0. The van der Waals surface area contributed by atoms with E-state index < -0.39 is 0 Å². The normalized spacial score (nSPS) is 13.9. The van der Waals surface area contributed by atoms with Gasteiger partial charge >= 0.3 is 0 Å². The Kier molecular flexibility index (Phi) is 5.59. The highest BCUT2D eigenvalue weighted by molar-refractivity contribution is 7.97. The van der Waals surface area contributed by atoms with Gasteiger partial charge in [-0.3, -0.25) is 5.14 Å². The van der Waals surface area contributed by atoms with Crippen molar-refractivity contribution in [2.45, 2.75) is 18.6 Å². The van der Waals surface area contributed by atoms with Gasteiger partial charge in [-0.15, -0.1) is 0 Å². The molecule has 50 valence electrons. The van der Waals surface area contributed by atoms with Gasteiger partial charge in [-0.2, -0.15) is 0 Å². The largest absolute Gasteiger partial charge is 0.385 e. The molecule has 0 spiro atoms. The minimum absolute atomic E-state index is 0.523. The van der Waals surface area contributed by atoms with Crippen LogP contribution in [0.2, 0.25) is 0 Å². The highest BCUT2D eigenvalue weighted by Crippen LogP contribution is 2.04. The summed E-state index contributed by atoms with van der Waals surface area (Å²) in [5, 5.41) is 5.80. The Balaban J connectivity index is 2.86. The zero-order chi connectivity index (χ0) is 6.41. The van der Waals surface area contributed by atoms with Gasteiger partial charge in [0, 0.05) is 19.0 Å². The van der Waals surface area contributed by atoms with E-state index in [4.69, 9.17) is 9.88 Å². The van der Waals surface area contributed by atoms with Gasteiger partial charge in [-0.25, -0.2) is 0 Å². The smallest absolute Gasteiger partial charge is 0.0473 e. The third-order valence-corrected chi connectivity index (χ3v) is 1.66. The van der Waals surface area contributed by atoms with Crippen LogP contribution >= 0.6 is 11.9 Å². The summed E-state index contributed by atoms with van der Waals surface area (Å²) in [6.07, 6.45) is 1.04. The summed E-state index contributed by atoms with van der Waals surface area (Å²) in [4.78, 5) is 0. The molecule has 1 unspecified atom stereocenters. The van der Waals surface area contributed by atoms with E-state index in [2.05, 4.69) is 6.92 Å². The van der Waals surface area contributed by atoms with Crippen molar-refractivity contribution < 1.29 is 4.74 Å². The van der Waals surface area contributed by atoms with Gasteiger partial charge in [0.15, 0.2) is 0 Å². The highest BCUT2D eigenvalue weighted by atomic mass is 32.2. The van der Waals surface area contributed by atoms with Crippen LogP contribution in [0.25, 0.3) is 0 Å². The minimum atomic E-state index is 0.523. The molecule has 8 heavy (non-hydrogen) atoms.